The Morgan fingerprint density at radius 1 is 1.21 bits per heavy atom. The van der Waals surface area contributed by atoms with Gasteiger partial charge >= 0.3 is 0 Å². The van der Waals surface area contributed by atoms with Crippen LogP contribution in [0.5, 0.6) is 0 Å². The molecule has 0 radical (unpaired) electrons. The van der Waals surface area contributed by atoms with E-state index >= 15 is 0 Å². The van der Waals surface area contributed by atoms with Gasteiger partial charge in [-0.25, -0.2) is 0 Å². The first-order valence-electron chi connectivity index (χ1n) is 7.18. The van der Waals surface area contributed by atoms with E-state index in [4.69, 9.17) is 10.5 Å². The Balaban J connectivity index is 1.97. The summed E-state index contributed by atoms with van der Waals surface area (Å²) in [6.07, 6.45) is 2.24. The number of benzene rings is 1. The van der Waals surface area contributed by atoms with E-state index < -0.39 is 0 Å². The first-order valence-corrected chi connectivity index (χ1v) is 7.18. The molecule has 106 valence electrons. The Morgan fingerprint density at radius 2 is 1.79 bits per heavy atom. The number of ether oxygens (including phenoxy) is 1. The SMILES string of the molecule is Cc1cc(C)cc(C(N)CN(C)C2CCOCC2)c1. The number of hydrogen-bond acceptors (Lipinski definition) is 3. The van der Waals surface area contributed by atoms with E-state index in [9.17, 15) is 0 Å². The zero-order valence-electron chi connectivity index (χ0n) is 12.4. The molecule has 19 heavy (non-hydrogen) atoms. The summed E-state index contributed by atoms with van der Waals surface area (Å²) < 4.78 is 5.41. The van der Waals surface area contributed by atoms with Gasteiger partial charge < -0.3 is 15.4 Å². The molecule has 1 aromatic rings. The van der Waals surface area contributed by atoms with Gasteiger partial charge in [0.05, 0.1) is 0 Å². The Bertz CT molecular complexity index is 393. The first kappa shape index (κ1) is 14.5. The minimum atomic E-state index is 0.0893. The largest absolute Gasteiger partial charge is 0.381 e. The van der Waals surface area contributed by atoms with Crippen molar-refractivity contribution in [2.45, 2.75) is 38.8 Å². The Kier molecular flexibility index (Phi) is 4.97. The van der Waals surface area contributed by atoms with Crippen LogP contribution in [0.2, 0.25) is 0 Å². The highest BCUT2D eigenvalue weighted by Gasteiger charge is 2.20. The predicted octanol–water partition coefficient (Wildman–Crippen LogP) is 2.41. The second kappa shape index (κ2) is 6.51. The molecule has 1 saturated heterocycles. The molecule has 0 saturated carbocycles. The molecule has 2 rings (SSSR count). The van der Waals surface area contributed by atoms with Crippen molar-refractivity contribution in [1.29, 1.82) is 0 Å². The van der Waals surface area contributed by atoms with Crippen molar-refractivity contribution in [2.75, 3.05) is 26.8 Å². The first-order chi connectivity index (χ1) is 9.06. The lowest BCUT2D eigenvalue weighted by atomic mass is 10.0. The van der Waals surface area contributed by atoms with Crippen molar-refractivity contribution in [1.82, 2.24) is 4.90 Å². The summed E-state index contributed by atoms with van der Waals surface area (Å²) in [5.41, 5.74) is 10.2. The molecule has 1 aliphatic heterocycles. The van der Waals surface area contributed by atoms with Crippen molar-refractivity contribution in [3.63, 3.8) is 0 Å². The number of rotatable bonds is 4. The Labute approximate surface area is 116 Å². The van der Waals surface area contributed by atoms with Crippen LogP contribution in [0.25, 0.3) is 0 Å². The molecule has 1 heterocycles. The number of likely N-dealkylation sites (N-methyl/N-ethyl adjacent to an activating group) is 1. The van der Waals surface area contributed by atoms with Crippen LogP contribution >= 0.6 is 0 Å². The fraction of sp³-hybridized carbons (Fsp3) is 0.625. The number of nitrogens with zero attached hydrogens (tertiary/aromatic N) is 1. The third-order valence-corrected chi connectivity index (χ3v) is 3.97. The molecule has 0 amide bonds. The van der Waals surface area contributed by atoms with E-state index in [-0.39, 0.29) is 6.04 Å². The third kappa shape index (κ3) is 4.03. The summed E-state index contributed by atoms with van der Waals surface area (Å²) in [6, 6.07) is 7.31. The van der Waals surface area contributed by atoms with Gasteiger partial charge in [0.15, 0.2) is 0 Å². The smallest absolute Gasteiger partial charge is 0.0480 e. The van der Waals surface area contributed by atoms with E-state index in [1.54, 1.807) is 0 Å². The summed E-state index contributed by atoms with van der Waals surface area (Å²) in [5, 5.41) is 0. The van der Waals surface area contributed by atoms with Gasteiger partial charge in [0, 0.05) is 31.8 Å². The zero-order valence-corrected chi connectivity index (χ0v) is 12.4. The van der Waals surface area contributed by atoms with Gasteiger partial charge in [-0.15, -0.1) is 0 Å². The van der Waals surface area contributed by atoms with E-state index in [0.717, 1.165) is 32.6 Å². The van der Waals surface area contributed by atoms with Crippen LogP contribution in [0, 0.1) is 13.8 Å². The minimum absolute atomic E-state index is 0.0893. The summed E-state index contributed by atoms with van der Waals surface area (Å²) in [4.78, 5) is 2.39. The highest BCUT2D eigenvalue weighted by molar-refractivity contribution is 5.30. The quantitative estimate of drug-likeness (QED) is 0.905. The van der Waals surface area contributed by atoms with Crippen LogP contribution in [-0.2, 0) is 4.74 Å². The minimum Gasteiger partial charge on any atom is -0.381 e. The normalized spacial score (nSPS) is 18.8. The standard InChI is InChI=1S/C16H26N2O/c1-12-8-13(2)10-14(9-12)16(17)11-18(3)15-4-6-19-7-5-15/h8-10,15-16H,4-7,11,17H2,1-3H3. The monoisotopic (exact) mass is 262 g/mol. The van der Waals surface area contributed by atoms with Gasteiger partial charge in [0.25, 0.3) is 0 Å². The maximum Gasteiger partial charge on any atom is 0.0480 e. The molecular weight excluding hydrogens is 236 g/mol. The van der Waals surface area contributed by atoms with E-state index in [1.807, 2.05) is 0 Å². The topological polar surface area (TPSA) is 38.5 Å². The Hall–Kier alpha value is -0.900. The molecule has 0 bridgehead atoms. The van der Waals surface area contributed by atoms with Gasteiger partial charge in [-0.05, 0) is 39.3 Å². The summed E-state index contributed by atoms with van der Waals surface area (Å²) in [7, 11) is 2.18. The molecule has 3 nitrogen and oxygen atoms in total. The number of aryl methyl sites for hydroxylation is 2. The lowest BCUT2D eigenvalue weighted by molar-refractivity contribution is 0.0413. The maximum absolute atomic E-state index is 6.37. The third-order valence-electron chi connectivity index (χ3n) is 3.97. The second-order valence-corrected chi connectivity index (χ2v) is 5.81. The molecule has 1 aliphatic rings. The molecule has 1 fully saturated rings. The van der Waals surface area contributed by atoms with E-state index in [0.29, 0.717) is 6.04 Å². The molecular formula is C16H26N2O. The molecule has 1 atom stereocenters. The van der Waals surface area contributed by atoms with Crippen LogP contribution in [0.3, 0.4) is 0 Å². The highest BCUT2D eigenvalue weighted by atomic mass is 16.5. The van der Waals surface area contributed by atoms with Gasteiger partial charge in [-0.1, -0.05) is 29.3 Å². The van der Waals surface area contributed by atoms with E-state index in [1.165, 1.54) is 16.7 Å². The summed E-state index contributed by atoms with van der Waals surface area (Å²) >= 11 is 0. The molecule has 3 heteroatoms. The van der Waals surface area contributed by atoms with Crippen molar-refractivity contribution < 1.29 is 4.74 Å². The molecule has 1 unspecified atom stereocenters. The second-order valence-electron chi connectivity index (χ2n) is 5.81. The van der Waals surface area contributed by atoms with Crippen LogP contribution in [0.4, 0.5) is 0 Å². The molecule has 0 spiro atoms. The number of nitrogens with two attached hydrogens (primary N) is 1. The van der Waals surface area contributed by atoms with Crippen LogP contribution < -0.4 is 5.73 Å². The average Bonchev–Trinajstić information content (AvgIpc) is 2.38. The Morgan fingerprint density at radius 3 is 2.37 bits per heavy atom. The van der Waals surface area contributed by atoms with E-state index in [2.05, 4.69) is 44.0 Å². The van der Waals surface area contributed by atoms with Gasteiger partial charge in [0.1, 0.15) is 0 Å². The van der Waals surface area contributed by atoms with Gasteiger partial charge in [0.2, 0.25) is 0 Å². The predicted molar refractivity (Wildman–Crippen MR) is 79.3 cm³/mol. The number of hydrogen-bond donors (Lipinski definition) is 1. The van der Waals surface area contributed by atoms with Crippen LogP contribution in [0.1, 0.15) is 35.6 Å². The van der Waals surface area contributed by atoms with Gasteiger partial charge in [-0.2, -0.15) is 0 Å². The van der Waals surface area contributed by atoms with Crippen LogP contribution in [-0.4, -0.2) is 37.7 Å². The van der Waals surface area contributed by atoms with Crippen molar-refractivity contribution in [2.24, 2.45) is 5.73 Å². The summed E-state index contributed by atoms with van der Waals surface area (Å²) in [6.45, 7) is 6.94. The van der Waals surface area contributed by atoms with Crippen molar-refractivity contribution in [3.8, 4) is 0 Å². The van der Waals surface area contributed by atoms with Crippen LogP contribution in [0.15, 0.2) is 18.2 Å². The molecule has 0 aromatic heterocycles. The van der Waals surface area contributed by atoms with Gasteiger partial charge in [-0.3, -0.25) is 0 Å². The lowest BCUT2D eigenvalue weighted by Gasteiger charge is -2.33. The highest BCUT2D eigenvalue weighted by Crippen LogP contribution is 2.19. The summed E-state index contributed by atoms with van der Waals surface area (Å²) in [5.74, 6) is 0. The average molecular weight is 262 g/mol. The maximum atomic E-state index is 6.37. The fourth-order valence-electron chi connectivity index (χ4n) is 2.91. The van der Waals surface area contributed by atoms with Crippen molar-refractivity contribution in [3.05, 3.63) is 34.9 Å². The zero-order chi connectivity index (χ0) is 13.8. The lowest BCUT2D eigenvalue weighted by Crippen LogP contribution is -2.40. The fourth-order valence-corrected chi connectivity index (χ4v) is 2.91. The molecule has 0 aliphatic carbocycles. The molecule has 1 aromatic carbocycles. The van der Waals surface area contributed by atoms with Crippen molar-refractivity contribution >= 4 is 0 Å². The molecule has 2 N–H and O–H groups in total.